The Hall–Kier alpha value is -0.840. The lowest BCUT2D eigenvalue weighted by molar-refractivity contribution is 0.515. The van der Waals surface area contributed by atoms with Crippen molar-refractivity contribution >= 4 is 6.21 Å². The first-order chi connectivity index (χ1) is 16.4. The lowest BCUT2D eigenvalue weighted by atomic mass is 10.0. The van der Waals surface area contributed by atoms with Crippen molar-refractivity contribution in [3.05, 3.63) is 0 Å². The lowest BCUT2D eigenvalue weighted by Crippen LogP contribution is -1.85. The summed E-state index contributed by atoms with van der Waals surface area (Å²) in [7, 11) is 0. The second-order valence-electron chi connectivity index (χ2n) is 10.4. The molecule has 0 aromatic carbocycles. The van der Waals surface area contributed by atoms with Gasteiger partial charge < -0.3 is 0 Å². The maximum absolute atomic E-state index is 8.32. The van der Waals surface area contributed by atoms with Crippen LogP contribution in [0.4, 0.5) is 0 Å². The van der Waals surface area contributed by atoms with Crippen molar-refractivity contribution in [2.45, 2.75) is 187 Å². The van der Waals surface area contributed by atoms with Gasteiger partial charge in [-0.1, -0.05) is 174 Å². The fraction of sp³-hybridized carbons (Fsp3) is 0.935. The van der Waals surface area contributed by atoms with E-state index in [1.54, 1.807) is 6.21 Å². The first-order valence-corrected chi connectivity index (χ1v) is 15.3. The summed E-state index contributed by atoms with van der Waals surface area (Å²) in [6.45, 7) is 2.30. The van der Waals surface area contributed by atoms with E-state index in [4.69, 9.17) is 5.26 Å². The van der Waals surface area contributed by atoms with Crippen molar-refractivity contribution in [3.63, 3.8) is 0 Å². The van der Waals surface area contributed by atoms with Crippen LogP contribution in [0.1, 0.15) is 187 Å². The smallest absolute Gasteiger partial charge is 0.186 e. The van der Waals surface area contributed by atoms with Gasteiger partial charge in [0.15, 0.2) is 0 Å². The number of nitriles is 1. The largest absolute Gasteiger partial charge is 0.205 e. The van der Waals surface area contributed by atoms with Gasteiger partial charge in [0.25, 0.3) is 0 Å². The normalized spacial score (nSPS) is 11.4. The molecule has 0 spiro atoms. The molecule has 0 rings (SSSR count). The predicted molar refractivity (Wildman–Crippen MR) is 149 cm³/mol. The van der Waals surface area contributed by atoms with E-state index in [-0.39, 0.29) is 0 Å². The molecule has 0 bridgehead atoms. The molecule has 2 heteroatoms. The molecule has 0 aliphatic heterocycles. The minimum absolute atomic E-state index is 0.965. The quantitative estimate of drug-likeness (QED) is 0.0649. The van der Waals surface area contributed by atoms with Crippen molar-refractivity contribution in [2.75, 3.05) is 0 Å². The molecular weight excluding hydrogens is 400 g/mol. The zero-order valence-electron chi connectivity index (χ0n) is 22.8. The van der Waals surface area contributed by atoms with E-state index in [9.17, 15) is 0 Å². The second-order valence-corrected chi connectivity index (χ2v) is 10.4. The number of hydrogen-bond donors (Lipinski definition) is 0. The Labute approximate surface area is 209 Å². The third-order valence-corrected chi connectivity index (χ3v) is 7.09. The maximum atomic E-state index is 8.32. The van der Waals surface area contributed by atoms with Gasteiger partial charge in [-0.3, -0.25) is 0 Å². The fourth-order valence-corrected chi connectivity index (χ4v) is 4.83. The maximum Gasteiger partial charge on any atom is 0.205 e. The monoisotopic (exact) mass is 460 g/mol. The fourth-order valence-electron chi connectivity index (χ4n) is 4.83. The van der Waals surface area contributed by atoms with Gasteiger partial charge in [0.1, 0.15) is 0 Å². The third kappa shape index (κ3) is 31.2. The van der Waals surface area contributed by atoms with Gasteiger partial charge >= 0.3 is 0 Å². The average Bonchev–Trinajstić information content (AvgIpc) is 2.83. The van der Waals surface area contributed by atoms with Crippen molar-refractivity contribution in [1.82, 2.24) is 0 Å². The summed E-state index contributed by atoms with van der Waals surface area (Å²) in [5, 5.41) is 8.32. The molecule has 0 saturated carbocycles. The van der Waals surface area contributed by atoms with Crippen LogP contribution in [0.2, 0.25) is 0 Å². The van der Waals surface area contributed by atoms with Crippen molar-refractivity contribution in [3.8, 4) is 6.19 Å². The molecule has 0 fully saturated rings. The summed E-state index contributed by atoms with van der Waals surface area (Å²) in [6.07, 6.45) is 43.3. The first-order valence-electron chi connectivity index (χ1n) is 15.3. The molecule has 0 aliphatic carbocycles. The molecule has 0 heterocycles. The molecule has 0 amide bonds. The van der Waals surface area contributed by atoms with Crippen molar-refractivity contribution < 1.29 is 0 Å². The summed E-state index contributed by atoms with van der Waals surface area (Å²) in [5.41, 5.74) is 0. The third-order valence-electron chi connectivity index (χ3n) is 7.09. The number of nitrogens with zero attached hydrogens (tertiary/aromatic N) is 2. The highest BCUT2D eigenvalue weighted by molar-refractivity contribution is 5.58. The van der Waals surface area contributed by atoms with Gasteiger partial charge in [-0.25, -0.2) is 0 Å². The van der Waals surface area contributed by atoms with Gasteiger partial charge in [0, 0.05) is 6.21 Å². The van der Waals surface area contributed by atoms with Crippen LogP contribution in [-0.4, -0.2) is 6.21 Å². The molecule has 0 aromatic heterocycles. The van der Waals surface area contributed by atoms with Crippen LogP contribution in [0, 0.1) is 11.5 Å². The Kier molecular flexibility index (Phi) is 30.4. The van der Waals surface area contributed by atoms with Gasteiger partial charge in [0.05, 0.1) is 0 Å². The molecule has 2 nitrogen and oxygen atoms in total. The lowest BCUT2D eigenvalue weighted by Gasteiger charge is -2.04. The van der Waals surface area contributed by atoms with Gasteiger partial charge in [0.2, 0.25) is 6.19 Å². The van der Waals surface area contributed by atoms with Crippen molar-refractivity contribution in [1.29, 1.82) is 5.26 Å². The topological polar surface area (TPSA) is 36.1 Å². The van der Waals surface area contributed by atoms with E-state index in [1.807, 2.05) is 6.19 Å². The highest BCUT2D eigenvalue weighted by Gasteiger charge is 1.96. The highest BCUT2D eigenvalue weighted by Crippen LogP contribution is 2.16. The molecule has 0 saturated heterocycles. The molecule has 0 radical (unpaired) electrons. The van der Waals surface area contributed by atoms with E-state index < -0.39 is 0 Å². The van der Waals surface area contributed by atoms with Gasteiger partial charge in [-0.05, 0) is 12.8 Å². The van der Waals surface area contributed by atoms with E-state index in [2.05, 4.69) is 11.9 Å². The molecule has 33 heavy (non-hydrogen) atoms. The Balaban J connectivity index is 3.01. The Morgan fingerprint density at radius 3 is 0.909 bits per heavy atom. The Bertz CT molecular complexity index is 410. The van der Waals surface area contributed by atoms with Crippen LogP contribution in [0.3, 0.4) is 0 Å². The number of aliphatic imine (C=N–C) groups is 1. The van der Waals surface area contributed by atoms with Crippen molar-refractivity contribution in [2.24, 2.45) is 4.99 Å². The molecule has 0 unspecified atom stereocenters. The van der Waals surface area contributed by atoms with Crippen LogP contribution >= 0.6 is 0 Å². The SMILES string of the molecule is CCCCCCCCCCCCCCCCCCCCCCCCCCCCCC=NC#N. The van der Waals surface area contributed by atoms with E-state index >= 15 is 0 Å². The molecule has 194 valence electrons. The van der Waals surface area contributed by atoms with E-state index in [0.29, 0.717) is 0 Å². The standard InChI is InChI=1S/C31H60N2/c1-2-3-4-5-6-7-8-9-10-11-12-13-14-15-16-17-18-19-20-21-22-23-24-25-26-27-28-29-30-33-31-32/h30H,2-29H2,1H3. The molecule has 0 N–H and O–H groups in total. The summed E-state index contributed by atoms with van der Waals surface area (Å²) >= 11 is 0. The average molecular weight is 461 g/mol. The minimum Gasteiger partial charge on any atom is -0.186 e. The Morgan fingerprint density at radius 2 is 0.667 bits per heavy atom. The Morgan fingerprint density at radius 1 is 0.424 bits per heavy atom. The second kappa shape index (κ2) is 31.2. The van der Waals surface area contributed by atoms with E-state index in [0.717, 1.165) is 6.42 Å². The number of rotatable bonds is 28. The molecule has 0 aliphatic rings. The van der Waals surface area contributed by atoms with Gasteiger partial charge in [-0.2, -0.15) is 10.3 Å². The highest BCUT2D eigenvalue weighted by atomic mass is 14.7. The first kappa shape index (κ1) is 32.2. The minimum atomic E-state index is 0.965. The summed E-state index contributed by atoms with van der Waals surface area (Å²) in [5.74, 6) is 0. The molecule has 0 atom stereocenters. The van der Waals surface area contributed by atoms with Crippen LogP contribution < -0.4 is 0 Å². The number of hydrogen-bond acceptors (Lipinski definition) is 2. The van der Waals surface area contributed by atoms with E-state index in [1.165, 1.54) is 173 Å². The zero-order chi connectivity index (χ0) is 23.9. The number of unbranched alkanes of at least 4 members (excludes halogenated alkanes) is 27. The predicted octanol–water partition coefficient (Wildman–Crippen LogP) is 11.5. The van der Waals surface area contributed by atoms with Crippen LogP contribution in [-0.2, 0) is 0 Å². The molecule has 0 aromatic rings. The van der Waals surface area contributed by atoms with Crippen LogP contribution in [0.5, 0.6) is 0 Å². The van der Waals surface area contributed by atoms with Crippen LogP contribution in [0.15, 0.2) is 4.99 Å². The summed E-state index contributed by atoms with van der Waals surface area (Å²) in [6, 6.07) is 0. The molecular formula is C31H60N2. The summed E-state index contributed by atoms with van der Waals surface area (Å²) in [4.78, 5) is 3.59. The van der Waals surface area contributed by atoms with Crippen LogP contribution in [0.25, 0.3) is 0 Å². The summed E-state index contributed by atoms with van der Waals surface area (Å²) < 4.78 is 0. The zero-order valence-corrected chi connectivity index (χ0v) is 22.8. The van der Waals surface area contributed by atoms with Gasteiger partial charge in [-0.15, -0.1) is 0 Å².